The van der Waals surface area contributed by atoms with Gasteiger partial charge in [0.1, 0.15) is 5.75 Å². The molecular formula is C24H30N2O3S. The lowest BCUT2D eigenvalue weighted by atomic mass is 9.89. The number of carbonyl (C=O) groups excluding carboxylic acids is 2. The number of hydrogen-bond donors (Lipinski definition) is 2. The molecule has 160 valence electrons. The summed E-state index contributed by atoms with van der Waals surface area (Å²) in [5.41, 5.74) is 1.27. The quantitative estimate of drug-likeness (QED) is 0.546. The van der Waals surface area contributed by atoms with E-state index < -0.39 is 0 Å². The number of nitrogens with one attached hydrogen (secondary N) is 2. The Balaban J connectivity index is 1.52. The largest absolute Gasteiger partial charge is 0.494 e. The number of rotatable bonds is 9. The highest BCUT2D eigenvalue weighted by atomic mass is 32.2. The van der Waals surface area contributed by atoms with Crippen molar-refractivity contribution in [3.63, 3.8) is 0 Å². The molecule has 2 amide bonds. The van der Waals surface area contributed by atoms with Crippen LogP contribution < -0.4 is 15.4 Å². The summed E-state index contributed by atoms with van der Waals surface area (Å²) < 4.78 is 5.43. The highest BCUT2D eigenvalue weighted by Crippen LogP contribution is 2.25. The molecule has 0 atom stereocenters. The van der Waals surface area contributed by atoms with Crippen molar-refractivity contribution in [2.24, 2.45) is 5.92 Å². The van der Waals surface area contributed by atoms with Crippen molar-refractivity contribution in [1.29, 1.82) is 0 Å². The Labute approximate surface area is 183 Å². The van der Waals surface area contributed by atoms with Gasteiger partial charge >= 0.3 is 0 Å². The van der Waals surface area contributed by atoms with Crippen LogP contribution in [0.3, 0.4) is 0 Å². The summed E-state index contributed by atoms with van der Waals surface area (Å²) in [6.45, 7) is 3.30. The van der Waals surface area contributed by atoms with E-state index >= 15 is 0 Å². The highest BCUT2D eigenvalue weighted by Gasteiger charge is 2.16. The first-order valence-electron chi connectivity index (χ1n) is 10.7. The van der Waals surface area contributed by atoms with E-state index in [9.17, 15) is 9.59 Å². The highest BCUT2D eigenvalue weighted by molar-refractivity contribution is 8.00. The first-order chi connectivity index (χ1) is 14.7. The van der Waals surface area contributed by atoms with Crippen LogP contribution in [0.4, 0.5) is 5.69 Å². The van der Waals surface area contributed by atoms with E-state index in [0.717, 1.165) is 17.2 Å². The molecule has 2 aromatic rings. The molecule has 0 saturated heterocycles. The standard InChI is InChI=1S/C24H30N2O3S/c1-2-29-20-14-12-19(13-15-20)26-24(28)21-10-6-7-11-22(21)30-17-23(27)25-16-18-8-4-3-5-9-18/h6-7,10-15,18H,2-5,8-9,16-17H2,1H3,(H,25,27)(H,26,28). The Bertz CT molecular complexity index is 833. The molecule has 3 rings (SSSR count). The fourth-order valence-corrected chi connectivity index (χ4v) is 4.50. The van der Waals surface area contributed by atoms with Crippen molar-refractivity contribution in [2.45, 2.75) is 43.9 Å². The van der Waals surface area contributed by atoms with Crippen LogP contribution in [0.5, 0.6) is 5.75 Å². The third kappa shape index (κ3) is 6.80. The maximum absolute atomic E-state index is 12.8. The van der Waals surface area contributed by atoms with Crippen molar-refractivity contribution in [1.82, 2.24) is 5.32 Å². The minimum absolute atomic E-state index is 0.0206. The zero-order valence-corrected chi connectivity index (χ0v) is 18.3. The van der Waals surface area contributed by atoms with Gasteiger partial charge in [0, 0.05) is 17.1 Å². The number of amides is 2. The van der Waals surface area contributed by atoms with Crippen LogP contribution in [0.15, 0.2) is 53.4 Å². The molecule has 0 unspecified atom stereocenters. The average Bonchev–Trinajstić information content (AvgIpc) is 2.78. The Kier molecular flexibility index (Phi) is 8.63. The van der Waals surface area contributed by atoms with E-state index in [4.69, 9.17) is 4.74 Å². The van der Waals surface area contributed by atoms with Gasteiger partial charge in [-0.1, -0.05) is 31.4 Å². The van der Waals surface area contributed by atoms with Crippen LogP contribution >= 0.6 is 11.8 Å². The molecule has 6 heteroatoms. The lowest BCUT2D eigenvalue weighted by Gasteiger charge is -2.21. The van der Waals surface area contributed by atoms with E-state index in [1.165, 1.54) is 43.9 Å². The van der Waals surface area contributed by atoms with Gasteiger partial charge in [-0.3, -0.25) is 9.59 Å². The summed E-state index contributed by atoms with van der Waals surface area (Å²) in [7, 11) is 0. The number of benzene rings is 2. The second-order valence-corrected chi connectivity index (χ2v) is 8.52. The molecule has 1 fully saturated rings. The molecule has 5 nitrogen and oxygen atoms in total. The van der Waals surface area contributed by atoms with Crippen LogP contribution in [0, 0.1) is 5.92 Å². The van der Waals surface area contributed by atoms with Gasteiger partial charge in [-0.2, -0.15) is 0 Å². The molecule has 2 aromatic carbocycles. The summed E-state index contributed by atoms with van der Waals surface area (Å²) in [5, 5.41) is 5.97. The van der Waals surface area contributed by atoms with Gasteiger partial charge in [0.25, 0.3) is 5.91 Å². The fraction of sp³-hybridized carbons (Fsp3) is 0.417. The Morgan fingerprint density at radius 1 is 1.03 bits per heavy atom. The predicted octanol–water partition coefficient (Wildman–Crippen LogP) is 5.13. The molecule has 0 aliphatic heterocycles. The predicted molar refractivity (Wildman–Crippen MR) is 122 cm³/mol. The van der Waals surface area contributed by atoms with Crippen LogP contribution in [0.1, 0.15) is 49.4 Å². The monoisotopic (exact) mass is 426 g/mol. The first kappa shape index (κ1) is 22.2. The molecule has 0 heterocycles. The van der Waals surface area contributed by atoms with Crippen molar-refractivity contribution < 1.29 is 14.3 Å². The van der Waals surface area contributed by atoms with Gasteiger partial charge in [0.2, 0.25) is 5.91 Å². The second kappa shape index (κ2) is 11.6. The van der Waals surface area contributed by atoms with Crippen molar-refractivity contribution >= 4 is 29.3 Å². The lowest BCUT2D eigenvalue weighted by molar-refractivity contribution is -0.118. The first-order valence-corrected chi connectivity index (χ1v) is 11.7. The van der Waals surface area contributed by atoms with E-state index in [0.29, 0.717) is 29.5 Å². The zero-order valence-electron chi connectivity index (χ0n) is 17.5. The normalized spacial score (nSPS) is 14.2. The number of thioether (sulfide) groups is 1. The third-order valence-electron chi connectivity index (χ3n) is 5.23. The summed E-state index contributed by atoms with van der Waals surface area (Å²) in [6.07, 6.45) is 6.28. The lowest BCUT2D eigenvalue weighted by Crippen LogP contribution is -2.31. The molecule has 1 aliphatic rings. The van der Waals surface area contributed by atoms with Crippen LogP contribution in [0.25, 0.3) is 0 Å². The molecule has 1 saturated carbocycles. The SMILES string of the molecule is CCOc1ccc(NC(=O)c2ccccc2SCC(=O)NCC2CCCCC2)cc1. The van der Waals surface area contributed by atoms with Gasteiger partial charge in [-0.15, -0.1) is 11.8 Å². The molecule has 2 N–H and O–H groups in total. The van der Waals surface area contributed by atoms with Crippen LogP contribution in [-0.4, -0.2) is 30.7 Å². The average molecular weight is 427 g/mol. The number of carbonyl (C=O) groups is 2. The molecule has 0 radical (unpaired) electrons. The van der Waals surface area contributed by atoms with E-state index in [2.05, 4.69) is 10.6 Å². The second-order valence-electron chi connectivity index (χ2n) is 7.50. The summed E-state index contributed by atoms with van der Waals surface area (Å²) >= 11 is 1.40. The maximum atomic E-state index is 12.8. The number of ether oxygens (including phenoxy) is 1. The molecule has 0 spiro atoms. The molecule has 0 aromatic heterocycles. The maximum Gasteiger partial charge on any atom is 0.256 e. The minimum atomic E-state index is -0.190. The number of hydrogen-bond acceptors (Lipinski definition) is 4. The van der Waals surface area contributed by atoms with Gasteiger partial charge in [0.15, 0.2) is 0 Å². The van der Waals surface area contributed by atoms with Crippen molar-refractivity contribution in [2.75, 3.05) is 24.2 Å². The molecular weight excluding hydrogens is 396 g/mol. The summed E-state index contributed by atoms with van der Waals surface area (Å²) in [4.78, 5) is 25.8. The van der Waals surface area contributed by atoms with E-state index in [1.807, 2.05) is 49.4 Å². The van der Waals surface area contributed by atoms with Crippen LogP contribution in [-0.2, 0) is 4.79 Å². The van der Waals surface area contributed by atoms with Gasteiger partial charge < -0.3 is 15.4 Å². The third-order valence-corrected chi connectivity index (χ3v) is 6.30. The molecule has 30 heavy (non-hydrogen) atoms. The van der Waals surface area contributed by atoms with E-state index in [-0.39, 0.29) is 11.8 Å². The van der Waals surface area contributed by atoms with Gasteiger partial charge in [0.05, 0.1) is 17.9 Å². The van der Waals surface area contributed by atoms with Gasteiger partial charge in [-0.25, -0.2) is 0 Å². The minimum Gasteiger partial charge on any atom is -0.494 e. The molecule has 1 aliphatic carbocycles. The molecule has 0 bridgehead atoms. The Morgan fingerprint density at radius 2 is 1.77 bits per heavy atom. The zero-order chi connectivity index (χ0) is 21.2. The van der Waals surface area contributed by atoms with E-state index in [1.54, 1.807) is 6.07 Å². The topological polar surface area (TPSA) is 67.4 Å². The van der Waals surface area contributed by atoms with Crippen molar-refractivity contribution in [3.8, 4) is 5.75 Å². The number of anilines is 1. The van der Waals surface area contributed by atoms with Gasteiger partial charge in [-0.05, 0) is 62.1 Å². The fourth-order valence-electron chi connectivity index (χ4n) is 3.62. The Morgan fingerprint density at radius 3 is 2.50 bits per heavy atom. The smallest absolute Gasteiger partial charge is 0.256 e. The van der Waals surface area contributed by atoms with Crippen molar-refractivity contribution in [3.05, 3.63) is 54.1 Å². The Hall–Kier alpha value is -2.47. The van der Waals surface area contributed by atoms with Crippen LogP contribution in [0.2, 0.25) is 0 Å². The summed E-state index contributed by atoms with van der Waals surface area (Å²) in [5.74, 6) is 1.52. The summed E-state index contributed by atoms with van der Waals surface area (Å²) in [6, 6.07) is 14.7.